The van der Waals surface area contributed by atoms with Crippen molar-refractivity contribution in [1.29, 1.82) is 0 Å². The molecule has 4 nitrogen and oxygen atoms in total. The number of urea groups is 1. The van der Waals surface area contributed by atoms with Gasteiger partial charge in [-0.25, -0.2) is 13.6 Å². The van der Waals surface area contributed by atoms with Crippen LogP contribution < -0.4 is 11.1 Å². The first-order valence-electron chi connectivity index (χ1n) is 5.56. The van der Waals surface area contributed by atoms with Gasteiger partial charge in [0, 0.05) is 18.8 Å². The Bertz CT molecular complexity index is 393. The molecule has 0 bridgehead atoms. The van der Waals surface area contributed by atoms with Crippen molar-refractivity contribution in [3.8, 4) is 0 Å². The summed E-state index contributed by atoms with van der Waals surface area (Å²) in [6, 6.07) is 6.29. The van der Waals surface area contributed by atoms with E-state index in [-0.39, 0.29) is 6.04 Å². The molecule has 1 atom stereocenters. The van der Waals surface area contributed by atoms with E-state index >= 15 is 0 Å². The molecule has 1 unspecified atom stereocenters. The first-order chi connectivity index (χ1) is 8.40. The van der Waals surface area contributed by atoms with Gasteiger partial charge >= 0.3 is 6.03 Å². The molecule has 6 heteroatoms. The summed E-state index contributed by atoms with van der Waals surface area (Å²) in [6.45, 7) is 1.26. The number of carbonyl (C=O) groups excluding carboxylic acids is 1. The highest BCUT2D eigenvalue weighted by atomic mass is 19.3. The second kappa shape index (κ2) is 6.30. The third-order valence-corrected chi connectivity index (χ3v) is 2.45. The third kappa shape index (κ3) is 4.29. The van der Waals surface area contributed by atoms with Gasteiger partial charge in [0.2, 0.25) is 0 Å². The Labute approximate surface area is 105 Å². The Morgan fingerprint density at radius 2 is 1.94 bits per heavy atom. The summed E-state index contributed by atoms with van der Waals surface area (Å²) in [7, 11) is 1.32. The molecule has 0 aromatic heterocycles. The molecule has 0 radical (unpaired) electrons. The molecule has 0 heterocycles. The zero-order valence-corrected chi connectivity index (χ0v) is 10.4. The highest BCUT2D eigenvalue weighted by Gasteiger charge is 2.13. The second-order valence-corrected chi connectivity index (χ2v) is 4.11. The molecule has 1 rings (SSSR count). The van der Waals surface area contributed by atoms with Crippen LogP contribution in [0.3, 0.4) is 0 Å². The fourth-order valence-electron chi connectivity index (χ4n) is 1.38. The van der Waals surface area contributed by atoms with Gasteiger partial charge in [-0.2, -0.15) is 0 Å². The number of anilines is 1. The number of amides is 2. The van der Waals surface area contributed by atoms with Crippen LogP contribution in [0.5, 0.6) is 0 Å². The summed E-state index contributed by atoms with van der Waals surface area (Å²) in [5, 5.41) is 2.53. The van der Waals surface area contributed by atoms with Crippen molar-refractivity contribution in [3.63, 3.8) is 0 Å². The van der Waals surface area contributed by atoms with E-state index in [2.05, 4.69) is 5.32 Å². The molecule has 3 N–H and O–H groups in total. The molecule has 1 aromatic carbocycles. The number of nitrogens with two attached hydrogens (primary N) is 1. The summed E-state index contributed by atoms with van der Waals surface area (Å²) in [5.74, 6) is 0. The van der Waals surface area contributed by atoms with Crippen LogP contribution in [0.25, 0.3) is 0 Å². The number of carbonyl (C=O) groups is 1. The molecule has 2 amide bonds. The predicted octanol–water partition coefficient (Wildman–Crippen LogP) is 2.44. The van der Waals surface area contributed by atoms with E-state index < -0.39 is 19.0 Å². The second-order valence-electron chi connectivity index (χ2n) is 4.11. The van der Waals surface area contributed by atoms with Crippen LogP contribution in [0, 0.1) is 0 Å². The van der Waals surface area contributed by atoms with Crippen molar-refractivity contribution >= 4 is 11.7 Å². The molecule has 0 aliphatic heterocycles. The number of nitrogens with zero attached hydrogens (tertiary/aromatic N) is 1. The minimum absolute atomic E-state index is 0.0868. The Morgan fingerprint density at radius 3 is 2.39 bits per heavy atom. The van der Waals surface area contributed by atoms with Crippen molar-refractivity contribution in [3.05, 3.63) is 29.8 Å². The van der Waals surface area contributed by atoms with Crippen LogP contribution in [0.15, 0.2) is 24.3 Å². The van der Waals surface area contributed by atoms with E-state index in [1.54, 1.807) is 24.3 Å². The monoisotopic (exact) mass is 257 g/mol. The standard InChI is InChI=1S/C12H17F2N3O/c1-8(15)9-3-5-10(6-4-9)16-12(18)17(2)7-11(13)14/h3-6,8,11H,7,15H2,1-2H3,(H,16,18). The van der Waals surface area contributed by atoms with Gasteiger partial charge in [-0.05, 0) is 24.6 Å². The number of benzene rings is 1. The van der Waals surface area contributed by atoms with E-state index in [0.29, 0.717) is 5.69 Å². The minimum atomic E-state index is -2.54. The van der Waals surface area contributed by atoms with Gasteiger partial charge in [-0.15, -0.1) is 0 Å². The van der Waals surface area contributed by atoms with E-state index in [1.807, 2.05) is 6.92 Å². The molecular weight excluding hydrogens is 240 g/mol. The van der Waals surface area contributed by atoms with E-state index in [4.69, 9.17) is 5.73 Å². The molecule has 0 aliphatic carbocycles. The lowest BCUT2D eigenvalue weighted by Gasteiger charge is -2.17. The van der Waals surface area contributed by atoms with Crippen molar-refractivity contribution < 1.29 is 13.6 Å². The number of halogens is 2. The van der Waals surface area contributed by atoms with Crippen molar-refractivity contribution in [2.24, 2.45) is 5.73 Å². The van der Waals surface area contributed by atoms with Crippen LogP contribution >= 0.6 is 0 Å². The summed E-state index contributed by atoms with van der Waals surface area (Å²) in [6.07, 6.45) is -2.54. The normalized spacial score (nSPS) is 12.3. The Hall–Kier alpha value is -1.69. The smallest absolute Gasteiger partial charge is 0.321 e. The van der Waals surface area contributed by atoms with Gasteiger partial charge in [-0.1, -0.05) is 12.1 Å². The topological polar surface area (TPSA) is 58.4 Å². The maximum absolute atomic E-state index is 12.1. The van der Waals surface area contributed by atoms with Gasteiger partial charge in [0.05, 0.1) is 6.54 Å². The molecule has 0 saturated carbocycles. The van der Waals surface area contributed by atoms with Gasteiger partial charge in [0.1, 0.15) is 0 Å². The number of nitrogens with one attached hydrogen (secondary N) is 1. The minimum Gasteiger partial charge on any atom is -0.324 e. The maximum atomic E-state index is 12.1. The van der Waals surface area contributed by atoms with E-state index in [0.717, 1.165) is 10.5 Å². The number of rotatable bonds is 4. The van der Waals surface area contributed by atoms with Gasteiger partial charge < -0.3 is 16.0 Å². The van der Waals surface area contributed by atoms with Crippen LogP contribution in [0.4, 0.5) is 19.3 Å². The maximum Gasteiger partial charge on any atom is 0.321 e. The fourth-order valence-corrected chi connectivity index (χ4v) is 1.38. The molecule has 0 aliphatic rings. The van der Waals surface area contributed by atoms with E-state index in [9.17, 15) is 13.6 Å². The highest BCUT2D eigenvalue weighted by Crippen LogP contribution is 2.14. The molecule has 0 saturated heterocycles. The lowest BCUT2D eigenvalue weighted by Crippen LogP contribution is -2.34. The lowest BCUT2D eigenvalue weighted by atomic mass is 10.1. The fraction of sp³-hybridized carbons (Fsp3) is 0.417. The Balaban J connectivity index is 2.59. The number of hydrogen-bond donors (Lipinski definition) is 2. The molecular formula is C12H17F2N3O. The van der Waals surface area contributed by atoms with Crippen LogP contribution in [-0.4, -0.2) is 30.9 Å². The van der Waals surface area contributed by atoms with Crippen molar-refractivity contribution in [2.45, 2.75) is 19.4 Å². The Kier molecular flexibility index (Phi) is 5.03. The molecule has 18 heavy (non-hydrogen) atoms. The largest absolute Gasteiger partial charge is 0.324 e. The predicted molar refractivity (Wildman–Crippen MR) is 66.7 cm³/mol. The molecule has 0 fully saturated rings. The Morgan fingerprint density at radius 1 is 1.39 bits per heavy atom. The summed E-state index contributed by atoms with van der Waals surface area (Å²) >= 11 is 0. The molecule has 1 aromatic rings. The van der Waals surface area contributed by atoms with Crippen LogP contribution in [0.2, 0.25) is 0 Å². The zero-order valence-electron chi connectivity index (χ0n) is 10.4. The van der Waals surface area contributed by atoms with E-state index in [1.165, 1.54) is 7.05 Å². The quantitative estimate of drug-likeness (QED) is 0.870. The first-order valence-corrected chi connectivity index (χ1v) is 5.56. The third-order valence-electron chi connectivity index (χ3n) is 2.45. The van der Waals surface area contributed by atoms with Crippen molar-refractivity contribution in [2.75, 3.05) is 18.9 Å². The van der Waals surface area contributed by atoms with Crippen LogP contribution in [-0.2, 0) is 0 Å². The molecule has 0 spiro atoms. The summed E-state index contributed by atoms with van der Waals surface area (Å²) < 4.78 is 24.2. The number of alkyl halides is 2. The lowest BCUT2D eigenvalue weighted by molar-refractivity contribution is 0.111. The molecule has 100 valence electrons. The van der Waals surface area contributed by atoms with Crippen molar-refractivity contribution in [1.82, 2.24) is 4.90 Å². The van der Waals surface area contributed by atoms with Gasteiger partial charge in [0.15, 0.2) is 0 Å². The average Bonchev–Trinajstić information content (AvgIpc) is 2.28. The van der Waals surface area contributed by atoms with Crippen LogP contribution in [0.1, 0.15) is 18.5 Å². The highest BCUT2D eigenvalue weighted by molar-refractivity contribution is 5.89. The summed E-state index contributed by atoms with van der Waals surface area (Å²) in [4.78, 5) is 12.5. The summed E-state index contributed by atoms with van der Waals surface area (Å²) in [5.41, 5.74) is 7.17. The number of hydrogen-bond acceptors (Lipinski definition) is 2. The zero-order chi connectivity index (χ0) is 13.7. The van der Waals surface area contributed by atoms with Gasteiger partial charge in [-0.3, -0.25) is 0 Å². The van der Waals surface area contributed by atoms with Gasteiger partial charge in [0.25, 0.3) is 6.43 Å². The SMILES string of the molecule is CC(N)c1ccc(NC(=O)N(C)CC(F)F)cc1. The average molecular weight is 257 g/mol. The first kappa shape index (κ1) is 14.4.